The minimum absolute atomic E-state index is 0. The third kappa shape index (κ3) is 16.2. The Bertz CT molecular complexity index is 205. The van der Waals surface area contributed by atoms with Crippen LogP contribution in [0.25, 0.3) is 0 Å². The van der Waals surface area contributed by atoms with Gasteiger partial charge in [-0.05, 0) is 18.6 Å². The van der Waals surface area contributed by atoms with Crippen molar-refractivity contribution in [3.05, 3.63) is 24.7 Å². The van der Waals surface area contributed by atoms with Crippen LogP contribution in [0, 0.1) is 0 Å². The van der Waals surface area contributed by atoms with E-state index >= 15 is 0 Å². The fourth-order valence-electron chi connectivity index (χ4n) is 1.11. The molecule has 1 N–H and O–H groups in total. The number of aliphatic carboxylic acids is 1. The van der Waals surface area contributed by atoms with Crippen LogP contribution in [0.2, 0.25) is 0 Å². The van der Waals surface area contributed by atoms with Gasteiger partial charge in [0.1, 0.15) is 0 Å². The summed E-state index contributed by atoms with van der Waals surface area (Å²) in [5.41, 5.74) is 0. The molecule has 0 bridgehead atoms. The summed E-state index contributed by atoms with van der Waals surface area (Å²) in [5, 5.41) is 8.27. The molecule has 1 aromatic heterocycles. The molecule has 0 aliphatic heterocycles. The normalized spacial score (nSPS) is 8.56. The van der Waals surface area contributed by atoms with E-state index in [0.717, 1.165) is 12.8 Å². The van der Waals surface area contributed by atoms with Crippen LogP contribution >= 0.6 is 0 Å². The molecule has 3 nitrogen and oxygen atoms in total. The molecule has 1 rings (SSSR count). The number of carboxylic acids is 1. The molecule has 0 aromatic carbocycles. The van der Waals surface area contributed by atoms with Crippen LogP contribution in [0.5, 0.6) is 0 Å². The summed E-state index contributed by atoms with van der Waals surface area (Å²) in [6.07, 6.45) is 9.13. The van der Waals surface area contributed by atoms with E-state index in [1.807, 2.05) is 12.1 Å². The van der Waals surface area contributed by atoms with Crippen molar-refractivity contribution in [1.82, 2.24) is 0 Å². The second kappa shape index (κ2) is 14.8. The van der Waals surface area contributed by atoms with Crippen molar-refractivity contribution in [2.24, 2.45) is 0 Å². The average Bonchev–Trinajstić information content (AvgIpc) is 2.75. The van der Waals surface area contributed by atoms with Crippen molar-refractivity contribution < 1.29 is 14.3 Å². The molecular formula is C12H21NaO3. The molecule has 0 radical (unpaired) electrons. The van der Waals surface area contributed by atoms with Crippen LogP contribution in [0.1, 0.15) is 45.4 Å². The minimum Gasteiger partial charge on any atom is -0.473 e. The Kier molecular flexibility index (Phi) is 16.7. The van der Waals surface area contributed by atoms with Crippen molar-refractivity contribution >= 4 is 35.5 Å². The summed E-state index contributed by atoms with van der Waals surface area (Å²) in [4.78, 5) is 10.0. The van der Waals surface area contributed by atoms with Crippen LogP contribution in [-0.4, -0.2) is 40.6 Å². The largest absolute Gasteiger partial charge is 0.473 e. The number of unbranched alkanes of at least 4 members (excludes halogenated alkanes) is 4. The van der Waals surface area contributed by atoms with Gasteiger partial charge in [-0.2, -0.15) is 0 Å². The number of furan rings is 1. The van der Waals surface area contributed by atoms with Crippen LogP contribution in [0.4, 0.5) is 0 Å². The van der Waals surface area contributed by atoms with Crippen molar-refractivity contribution in [1.29, 1.82) is 0 Å². The standard InChI is InChI=1S/C8H16O2.C4H4O.Na.H/c1-2-3-4-5-6-7-8(9)10;1-2-4-5-3-1;;/h2-7H2,1H3,(H,9,10);1-4H;;. The van der Waals surface area contributed by atoms with Crippen LogP contribution < -0.4 is 0 Å². The van der Waals surface area contributed by atoms with E-state index in [9.17, 15) is 4.79 Å². The molecule has 0 aliphatic rings. The summed E-state index contributed by atoms with van der Waals surface area (Å²) >= 11 is 0. The summed E-state index contributed by atoms with van der Waals surface area (Å²) in [7, 11) is 0. The van der Waals surface area contributed by atoms with E-state index < -0.39 is 5.97 Å². The zero-order valence-electron chi connectivity index (χ0n) is 9.32. The van der Waals surface area contributed by atoms with E-state index in [2.05, 4.69) is 11.3 Å². The fourth-order valence-corrected chi connectivity index (χ4v) is 1.11. The van der Waals surface area contributed by atoms with Gasteiger partial charge in [-0.3, -0.25) is 4.79 Å². The smallest absolute Gasteiger partial charge is 0.0902 e. The molecule has 0 saturated heterocycles. The van der Waals surface area contributed by atoms with Gasteiger partial charge in [-0.15, -0.1) is 0 Å². The van der Waals surface area contributed by atoms with E-state index in [1.165, 1.54) is 19.3 Å². The van der Waals surface area contributed by atoms with Gasteiger partial charge in [0, 0.05) is 6.42 Å². The van der Waals surface area contributed by atoms with Gasteiger partial charge in [0.2, 0.25) is 0 Å². The predicted octanol–water partition coefficient (Wildman–Crippen LogP) is 3.06. The molecule has 0 unspecified atom stereocenters. The first kappa shape index (κ1) is 18.1. The van der Waals surface area contributed by atoms with Crippen molar-refractivity contribution in [2.45, 2.75) is 45.4 Å². The first-order valence-electron chi connectivity index (χ1n) is 5.46. The number of hydrogen-bond acceptors (Lipinski definition) is 2. The SMILES string of the molecule is CCCCCCCC(=O)O.[NaH].c1ccoc1. The molecule has 88 valence electrons. The molecule has 0 aliphatic carbocycles. The number of carboxylic acid groups (broad SMARTS) is 1. The molecule has 4 heteroatoms. The Balaban J connectivity index is 0. The topological polar surface area (TPSA) is 50.4 Å². The summed E-state index contributed by atoms with van der Waals surface area (Å²) in [6, 6.07) is 3.67. The Labute approximate surface area is 120 Å². The number of hydrogen-bond donors (Lipinski definition) is 1. The first-order chi connectivity index (χ1) is 7.27. The Morgan fingerprint density at radius 2 is 1.69 bits per heavy atom. The fraction of sp³-hybridized carbons (Fsp3) is 0.583. The Hall–Kier alpha value is -0.250. The zero-order valence-corrected chi connectivity index (χ0v) is 9.32. The van der Waals surface area contributed by atoms with Gasteiger partial charge in [0.15, 0.2) is 0 Å². The van der Waals surface area contributed by atoms with Gasteiger partial charge in [-0.1, -0.05) is 32.6 Å². The second-order valence-corrected chi connectivity index (χ2v) is 3.35. The number of carbonyl (C=O) groups is 1. The van der Waals surface area contributed by atoms with Gasteiger partial charge in [0.05, 0.1) is 12.5 Å². The quantitative estimate of drug-likeness (QED) is 0.610. The average molecular weight is 236 g/mol. The molecule has 0 spiro atoms. The maximum absolute atomic E-state index is 10.0. The third-order valence-corrected chi connectivity index (χ3v) is 1.92. The molecule has 0 atom stereocenters. The van der Waals surface area contributed by atoms with Crippen molar-refractivity contribution in [2.75, 3.05) is 0 Å². The second-order valence-electron chi connectivity index (χ2n) is 3.35. The third-order valence-electron chi connectivity index (χ3n) is 1.92. The van der Waals surface area contributed by atoms with E-state index in [1.54, 1.807) is 12.5 Å². The molecular weight excluding hydrogens is 215 g/mol. The summed E-state index contributed by atoms with van der Waals surface area (Å²) in [5.74, 6) is -0.670. The molecule has 1 heterocycles. The van der Waals surface area contributed by atoms with E-state index in [0.29, 0.717) is 6.42 Å². The first-order valence-corrected chi connectivity index (χ1v) is 5.46. The van der Waals surface area contributed by atoms with E-state index in [-0.39, 0.29) is 29.6 Å². The maximum atomic E-state index is 10.0. The zero-order chi connectivity index (χ0) is 11.4. The molecule has 16 heavy (non-hydrogen) atoms. The van der Waals surface area contributed by atoms with Gasteiger partial charge in [0.25, 0.3) is 0 Å². The van der Waals surface area contributed by atoms with Gasteiger partial charge < -0.3 is 9.52 Å². The van der Waals surface area contributed by atoms with E-state index in [4.69, 9.17) is 5.11 Å². The Morgan fingerprint density at radius 1 is 1.12 bits per heavy atom. The van der Waals surface area contributed by atoms with Crippen molar-refractivity contribution in [3.63, 3.8) is 0 Å². The van der Waals surface area contributed by atoms with Crippen LogP contribution in [-0.2, 0) is 4.79 Å². The van der Waals surface area contributed by atoms with Crippen LogP contribution in [0.3, 0.4) is 0 Å². The molecule has 0 saturated carbocycles. The monoisotopic (exact) mass is 236 g/mol. The maximum Gasteiger partial charge on any atom is 0.0902 e. The molecule has 0 amide bonds. The van der Waals surface area contributed by atoms with Crippen LogP contribution in [0.15, 0.2) is 29.1 Å². The minimum atomic E-state index is -0.670. The van der Waals surface area contributed by atoms with Gasteiger partial charge >= 0.3 is 35.5 Å². The van der Waals surface area contributed by atoms with Crippen molar-refractivity contribution in [3.8, 4) is 0 Å². The Morgan fingerprint density at radius 3 is 2.06 bits per heavy atom. The number of rotatable bonds is 6. The van der Waals surface area contributed by atoms with Gasteiger partial charge in [-0.25, -0.2) is 0 Å². The predicted molar refractivity (Wildman–Crippen MR) is 66.9 cm³/mol. The summed E-state index contributed by atoms with van der Waals surface area (Å²) in [6.45, 7) is 2.15. The molecule has 1 aromatic rings. The summed E-state index contributed by atoms with van der Waals surface area (Å²) < 4.78 is 4.58. The molecule has 0 fully saturated rings.